The number of morpholine rings is 1. The van der Waals surface area contributed by atoms with Crippen molar-refractivity contribution in [1.82, 2.24) is 15.0 Å². The van der Waals surface area contributed by atoms with Gasteiger partial charge in [0.2, 0.25) is 5.95 Å². The van der Waals surface area contributed by atoms with Gasteiger partial charge >= 0.3 is 12.0 Å². The summed E-state index contributed by atoms with van der Waals surface area (Å²) in [5, 5.41) is 8.51. The van der Waals surface area contributed by atoms with E-state index >= 15 is 0 Å². The fourth-order valence-corrected chi connectivity index (χ4v) is 1.59. The van der Waals surface area contributed by atoms with Crippen molar-refractivity contribution in [3.8, 4) is 18.1 Å². The van der Waals surface area contributed by atoms with Gasteiger partial charge in [-0.05, 0) is 6.92 Å². The van der Waals surface area contributed by atoms with Crippen molar-refractivity contribution in [1.29, 1.82) is 5.26 Å². The van der Waals surface area contributed by atoms with Crippen LogP contribution in [0.15, 0.2) is 0 Å². The molecule has 1 aromatic heterocycles. The molecule has 0 spiro atoms. The molecule has 1 aliphatic rings. The normalized spacial score (nSPS) is 14.8. The van der Waals surface area contributed by atoms with Gasteiger partial charge in [0, 0.05) is 13.1 Å². The monoisotopic (exact) mass is 265 g/mol. The van der Waals surface area contributed by atoms with Crippen LogP contribution in [0.25, 0.3) is 0 Å². The lowest BCUT2D eigenvalue weighted by Crippen LogP contribution is -2.37. The Bertz CT molecular complexity index is 456. The van der Waals surface area contributed by atoms with Crippen LogP contribution in [0, 0.1) is 11.3 Å². The molecule has 1 fully saturated rings. The number of rotatable bonds is 5. The fraction of sp³-hybridized carbons (Fsp3) is 0.636. The Morgan fingerprint density at radius 3 is 2.53 bits per heavy atom. The molecule has 0 atom stereocenters. The molecule has 1 aliphatic heterocycles. The van der Waals surface area contributed by atoms with Gasteiger partial charge in [-0.25, -0.2) is 0 Å². The Kier molecular flexibility index (Phi) is 4.69. The molecule has 0 bridgehead atoms. The van der Waals surface area contributed by atoms with Gasteiger partial charge in [-0.3, -0.25) is 0 Å². The second kappa shape index (κ2) is 6.70. The molecule has 8 nitrogen and oxygen atoms in total. The number of hydrogen-bond donors (Lipinski definition) is 0. The number of anilines is 1. The standard InChI is InChI=1S/C11H15N5O3/c1-2-18-10-13-9(16-4-7-17-8-5-16)14-11(15-10)19-6-3-12/h2,4-8H2,1H3. The number of hydrogen-bond acceptors (Lipinski definition) is 8. The Morgan fingerprint density at radius 1 is 1.21 bits per heavy atom. The van der Waals surface area contributed by atoms with Gasteiger partial charge in [-0.1, -0.05) is 0 Å². The van der Waals surface area contributed by atoms with E-state index in [4.69, 9.17) is 19.5 Å². The maximum Gasteiger partial charge on any atom is 0.325 e. The molecule has 0 amide bonds. The van der Waals surface area contributed by atoms with Crippen molar-refractivity contribution in [3.05, 3.63) is 0 Å². The molecule has 2 rings (SSSR count). The molecule has 1 saturated heterocycles. The first-order valence-electron chi connectivity index (χ1n) is 6.04. The highest BCUT2D eigenvalue weighted by atomic mass is 16.5. The summed E-state index contributed by atoms with van der Waals surface area (Å²) in [5.74, 6) is 0.481. The van der Waals surface area contributed by atoms with Crippen molar-refractivity contribution in [2.24, 2.45) is 0 Å². The molecule has 0 N–H and O–H groups in total. The van der Waals surface area contributed by atoms with E-state index in [9.17, 15) is 0 Å². The minimum absolute atomic E-state index is 0.0986. The molecule has 0 radical (unpaired) electrons. The first-order chi connectivity index (χ1) is 9.33. The zero-order valence-corrected chi connectivity index (χ0v) is 10.7. The quantitative estimate of drug-likeness (QED) is 0.735. The number of nitriles is 1. The second-order valence-corrected chi connectivity index (χ2v) is 3.68. The maximum atomic E-state index is 8.51. The first kappa shape index (κ1) is 13.3. The summed E-state index contributed by atoms with van der Waals surface area (Å²) in [4.78, 5) is 14.3. The minimum Gasteiger partial charge on any atom is -0.464 e. The summed E-state index contributed by atoms with van der Waals surface area (Å²) in [6, 6.07) is 2.17. The molecule has 1 aromatic rings. The molecule has 0 unspecified atom stereocenters. The van der Waals surface area contributed by atoms with E-state index in [-0.39, 0.29) is 18.6 Å². The predicted octanol–water partition coefficient (Wildman–Crippen LogP) is 0.00928. The average molecular weight is 265 g/mol. The Balaban J connectivity index is 2.19. The summed E-state index contributed by atoms with van der Waals surface area (Å²) in [6.45, 7) is 4.84. The molecule has 2 heterocycles. The van der Waals surface area contributed by atoms with Crippen molar-refractivity contribution < 1.29 is 14.2 Å². The molecule has 0 saturated carbocycles. The average Bonchev–Trinajstić information content (AvgIpc) is 2.46. The van der Waals surface area contributed by atoms with Gasteiger partial charge in [0.25, 0.3) is 0 Å². The maximum absolute atomic E-state index is 8.51. The van der Waals surface area contributed by atoms with Crippen molar-refractivity contribution >= 4 is 5.95 Å². The summed E-state index contributed by atoms with van der Waals surface area (Å²) in [6.07, 6.45) is 0. The Labute approximate surface area is 110 Å². The van der Waals surface area contributed by atoms with Gasteiger partial charge < -0.3 is 19.1 Å². The lowest BCUT2D eigenvalue weighted by molar-refractivity contribution is 0.121. The van der Waals surface area contributed by atoms with Crippen LogP contribution in [0.2, 0.25) is 0 Å². The van der Waals surface area contributed by atoms with E-state index in [0.29, 0.717) is 38.9 Å². The molecule has 102 valence electrons. The molecule has 0 aromatic carbocycles. The van der Waals surface area contributed by atoms with Gasteiger partial charge in [0.15, 0.2) is 6.61 Å². The lowest BCUT2D eigenvalue weighted by atomic mass is 10.4. The third-order valence-electron chi connectivity index (χ3n) is 2.42. The minimum atomic E-state index is -0.113. The largest absolute Gasteiger partial charge is 0.464 e. The van der Waals surface area contributed by atoms with Crippen LogP contribution in [0.4, 0.5) is 5.95 Å². The molecule has 19 heavy (non-hydrogen) atoms. The summed E-state index contributed by atoms with van der Waals surface area (Å²) in [5.41, 5.74) is 0. The molecule has 8 heteroatoms. The van der Waals surface area contributed by atoms with Crippen molar-refractivity contribution in [2.45, 2.75) is 6.92 Å². The van der Waals surface area contributed by atoms with Gasteiger partial charge in [-0.2, -0.15) is 15.2 Å². The van der Waals surface area contributed by atoms with Crippen LogP contribution in [-0.4, -0.2) is 54.5 Å². The van der Waals surface area contributed by atoms with E-state index in [2.05, 4.69) is 15.0 Å². The van der Waals surface area contributed by atoms with Crippen LogP contribution >= 0.6 is 0 Å². The van der Waals surface area contributed by atoms with Crippen molar-refractivity contribution in [3.63, 3.8) is 0 Å². The van der Waals surface area contributed by atoms with Crippen LogP contribution in [0.3, 0.4) is 0 Å². The number of nitrogens with zero attached hydrogens (tertiary/aromatic N) is 5. The number of aromatic nitrogens is 3. The summed E-state index contributed by atoms with van der Waals surface area (Å²) < 4.78 is 15.7. The first-order valence-corrected chi connectivity index (χ1v) is 6.04. The smallest absolute Gasteiger partial charge is 0.325 e. The third kappa shape index (κ3) is 3.66. The topological polar surface area (TPSA) is 93.4 Å². The number of ether oxygens (including phenoxy) is 3. The van der Waals surface area contributed by atoms with Crippen LogP contribution in [0.1, 0.15) is 6.92 Å². The highest BCUT2D eigenvalue weighted by molar-refractivity contribution is 5.32. The van der Waals surface area contributed by atoms with Crippen molar-refractivity contribution in [2.75, 3.05) is 44.4 Å². The van der Waals surface area contributed by atoms with Gasteiger partial charge in [-0.15, -0.1) is 4.98 Å². The summed E-state index contributed by atoms with van der Waals surface area (Å²) >= 11 is 0. The lowest BCUT2D eigenvalue weighted by Gasteiger charge is -2.26. The predicted molar refractivity (Wildman–Crippen MR) is 65.1 cm³/mol. The Morgan fingerprint density at radius 2 is 1.89 bits per heavy atom. The van der Waals surface area contributed by atoms with E-state index in [1.54, 1.807) is 0 Å². The molecular weight excluding hydrogens is 250 g/mol. The van der Waals surface area contributed by atoms with E-state index in [1.807, 2.05) is 17.9 Å². The van der Waals surface area contributed by atoms with Crippen LogP contribution < -0.4 is 14.4 Å². The second-order valence-electron chi connectivity index (χ2n) is 3.68. The zero-order chi connectivity index (χ0) is 13.5. The summed E-state index contributed by atoms with van der Waals surface area (Å²) in [7, 11) is 0. The van der Waals surface area contributed by atoms with Crippen LogP contribution in [0.5, 0.6) is 12.0 Å². The van der Waals surface area contributed by atoms with Crippen LogP contribution in [-0.2, 0) is 4.74 Å². The van der Waals surface area contributed by atoms with E-state index in [1.165, 1.54) is 0 Å². The van der Waals surface area contributed by atoms with E-state index in [0.717, 1.165) is 0 Å². The molecule has 0 aliphatic carbocycles. The SMILES string of the molecule is CCOc1nc(OCC#N)nc(N2CCOCC2)n1. The highest BCUT2D eigenvalue weighted by Crippen LogP contribution is 2.17. The third-order valence-corrected chi connectivity index (χ3v) is 2.42. The fourth-order valence-electron chi connectivity index (χ4n) is 1.59. The van der Waals surface area contributed by atoms with Gasteiger partial charge in [0.1, 0.15) is 6.07 Å². The molecular formula is C11H15N5O3. The zero-order valence-electron chi connectivity index (χ0n) is 10.7. The van der Waals surface area contributed by atoms with E-state index < -0.39 is 0 Å². The van der Waals surface area contributed by atoms with Gasteiger partial charge in [0.05, 0.1) is 19.8 Å². The Hall–Kier alpha value is -2.14. The highest BCUT2D eigenvalue weighted by Gasteiger charge is 2.17.